The summed E-state index contributed by atoms with van der Waals surface area (Å²) < 4.78 is 28.0. The quantitative estimate of drug-likeness (QED) is 0.840. The summed E-state index contributed by atoms with van der Waals surface area (Å²) in [5.74, 6) is -0.176. The van der Waals surface area contributed by atoms with E-state index in [2.05, 4.69) is 5.32 Å². The number of methoxy groups -OCH3 is 1. The molecule has 1 aliphatic rings. The number of hydrogen-bond donors (Lipinski definition) is 1. The van der Waals surface area contributed by atoms with E-state index in [1.165, 1.54) is 7.11 Å². The van der Waals surface area contributed by atoms with Crippen molar-refractivity contribution in [3.8, 4) is 5.75 Å². The van der Waals surface area contributed by atoms with Gasteiger partial charge in [-0.2, -0.15) is 0 Å². The van der Waals surface area contributed by atoms with Crippen molar-refractivity contribution < 1.29 is 17.9 Å². The predicted octanol–water partition coefficient (Wildman–Crippen LogP) is 0.829. The predicted molar refractivity (Wildman–Crippen MR) is 72.5 cm³/mol. The van der Waals surface area contributed by atoms with Crippen molar-refractivity contribution in [1.82, 2.24) is 5.32 Å². The highest BCUT2D eigenvalue weighted by atomic mass is 35.5. The molecule has 0 bridgehead atoms. The molecule has 1 aromatic rings. The largest absolute Gasteiger partial charge is 0.496 e. The normalized spacial score (nSPS) is 24.9. The highest BCUT2D eigenvalue weighted by molar-refractivity contribution is 7.91. The number of para-hydroxylation sites is 1. The topological polar surface area (TPSA) is 72.5 Å². The molecular formula is C12H14ClNO4S. The van der Waals surface area contributed by atoms with E-state index in [4.69, 9.17) is 16.3 Å². The van der Waals surface area contributed by atoms with E-state index < -0.39 is 21.3 Å². The fraction of sp³-hybridized carbons (Fsp3) is 0.417. The maximum absolute atomic E-state index is 12.1. The molecule has 0 aromatic heterocycles. The first-order valence-corrected chi connectivity index (χ1v) is 7.97. The average Bonchev–Trinajstić information content (AvgIpc) is 2.62. The minimum atomic E-state index is -3.17. The van der Waals surface area contributed by atoms with Gasteiger partial charge in [0.25, 0.3) is 5.91 Å². The fourth-order valence-electron chi connectivity index (χ4n) is 2.02. The monoisotopic (exact) mass is 303 g/mol. The number of sulfone groups is 1. The van der Waals surface area contributed by atoms with E-state index in [0.29, 0.717) is 11.3 Å². The van der Waals surface area contributed by atoms with Crippen molar-refractivity contribution in [3.05, 3.63) is 29.8 Å². The number of amides is 1. The standard InChI is InChI=1S/C12H14ClNO4S/c1-18-11-5-3-2-4-8(11)12(15)14-10-7-19(16,17)6-9(10)13/h2-5,9-10H,6-7H2,1H3,(H,14,15)/t9-,10+/m1/s1. The van der Waals surface area contributed by atoms with Crippen LogP contribution in [0, 0.1) is 0 Å². The molecule has 5 nitrogen and oxygen atoms in total. The Labute approximate surface area is 116 Å². The smallest absolute Gasteiger partial charge is 0.255 e. The molecule has 1 saturated heterocycles. The Bertz CT molecular complexity index is 587. The number of rotatable bonds is 3. The lowest BCUT2D eigenvalue weighted by atomic mass is 10.1. The van der Waals surface area contributed by atoms with Gasteiger partial charge in [-0.25, -0.2) is 8.42 Å². The van der Waals surface area contributed by atoms with Crippen LogP contribution in [-0.4, -0.2) is 44.4 Å². The van der Waals surface area contributed by atoms with Crippen LogP contribution in [0.15, 0.2) is 24.3 Å². The zero-order valence-corrected chi connectivity index (χ0v) is 11.9. The van der Waals surface area contributed by atoms with Gasteiger partial charge in [0.15, 0.2) is 9.84 Å². The lowest BCUT2D eigenvalue weighted by Crippen LogP contribution is -2.40. The molecule has 1 heterocycles. The second-order valence-electron chi connectivity index (χ2n) is 4.37. The number of carbonyl (C=O) groups is 1. The second kappa shape index (κ2) is 5.38. The molecule has 0 radical (unpaired) electrons. The van der Waals surface area contributed by atoms with E-state index in [9.17, 15) is 13.2 Å². The van der Waals surface area contributed by atoms with Gasteiger partial charge in [0.1, 0.15) is 5.75 Å². The summed E-state index contributed by atoms with van der Waals surface area (Å²) >= 11 is 5.94. The lowest BCUT2D eigenvalue weighted by Gasteiger charge is -2.15. The Morgan fingerprint density at radius 1 is 1.37 bits per heavy atom. The molecule has 2 rings (SSSR count). The van der Waals surface area contributed by atoms with Crippen LogP contribution in [0.2, 0.25) is 0 Å². The van der Waals surface area contributed by atoms with Gasteiger partial charge in [-0.15, -0.1) is 11.6 Å². The maximum Gasteiger partial charge on any atom is 0.255 e. The van der Waals surface area contributed by atoms with Gasteiger partial charge in [-0.3, -0.25) is 4.79 Å². The molecular weight excluding hydrogens is 290 g/mol. The van der Waals surface area contributed by atoms with Crippen LogP contribution in [0.1, 0.15) is 10.4 Å². The second-order valence-corrected chi connectivity index (χ2v) is 7.09. The van der Waals surface area contributed by atoms with Gasteiger partial charge in [-0.05, 0) is 12.1 Å². The Hall–Kier alpha value is -1.27. The molecule has 0 spiro atoms. The van der Waals surface area contributed by atoms with Crippen LogP contribution in [-0.2, 0) is 9.84 Å². The summed E-state index contributed by atoms with van der Waals surface area (Å²) in [7, 11) is -1.70. The first-order valence-electron chi connectivity index (χ1n) is 5.71. The molecule has 104 valence electrons. The SMILES string of the molecule is COc1ccccc1C(=O)N[C@H]1CS(=O)(=O)C[C@H]1Cl. The number of ether oxygens (including phenoxy) is 1. The van der Waals surface area contributed by atoms with Crippen molar-refractivity contribution >= 4 is 27.3 Å². The fourth-order valence-corrected chi connectivity index (χ4v) is 4.57. The third kappa shape index (κ3) is 3.19. The zero-order valence-electron chi connectivity index (χ0n) is 10.3. The Morgan fingerprint density at radius 2 is 2.05 bits per heavy atom. The lowest BCUT2D eigenvalue weighted by molar-refractivity contribution is 0.0938. The molecule has 1 aromatic carbocycles. The summed E-state index contributed by atoms with van der Waals surface area (Å²) in [6, 6.07) is 6.17. The Balaban J connectivity index is 2.14. The van der Waals surface area contributed by atoms with Crippen LogP contribution in [0.4, 0.5) is 0 Å². The minimum absolute atomic E-state index is 0.106. The molecule has 2 atom stereocenters. The highest BCUT2D eigenvalue weighted by Gasteiger charge is 2.37. The van der Waals surface area contributed by atoms with E-state index in [1.54, 1.807) is 24.3 Å². The van der Waals surface area contributed by atoms with Crippen LogP contribution in [0.25, 0.3) is 0 Å². The number of carbonyl (C=O) groups excluding carboxylic acids is 1. The van der Waals surface area contributed by atoms with E-state index in [1.807, 2.05) is 0 Å². The number of halogens is 1. The average molecular weight is 304 g/mol. The van der Waals surface area contributed by atoms with E-state index >= 15 is 0 Å². The summed E-state index contributed by atoms with van der Waals surface area (Å²) in [5, 5.41) is 2.05. The molecule has 0 saturated carbocycles. The van der Waals surface area contributed by atoms with Gasteiger partial charge in [-0.1, -0.05) is 12.1 Å². The summed E-state index contributed by atoms with van der Waals surface area (Å²) in [5.41, 5.74) is 0.359. The maximum atomic E-state index is 12.1. The number of nitrogens with one attached hydrogen (secondary N) is 1. The van der Waals surface area contributed by atoms with Gasteiger partial charge in [0.05, 0.1) is 35.6 Å². The number of alkyl halides is 1. The van der Waals surface area contributed by atoms with Crippen molar-refractivity contribution in [3.63, 3.8) is 0 Å². The summed E-state index contributed by atoms with van der Waals surface area (Å²) in [4.78, 5) is 12.1. The van der Waals surface area contributed by atoms with Crippen molar-refractivity contribution in [2.75, 3.05) is 18.6 Å². The van der Waals surface area contributed by atoms with Crippen LogP contribution < -0.4 is 10.1 Å². The third-order valence-corrected chi connectivity index (χ3v) is 5.33. The van der Waals surface area contributed by atoms with Crippen molar-refractivity contribution in [1.29, 1.82) is 0 Å². The van der Waals surface area contributed by atoms with Crippen LogP contribution >= 0.6 is 11.6 Å². The van der Waals surface area contributed by atoms with Crippen LogP contribution in [0.5, 0.6) is 5.75 Å². The van der Waals surface area contributed by atoms with E-state index in [0.717, 1.165) is 0 Å². The molecule has 1 aliphatic heterocycles. The minimum Gasteiger partial charge on any atom is -0.496 e. The van der Waals surface area contributed by atoms with E-state index in [-0.39, 0.29) is 17.4 Å². The number of benzene rings is 1. The van der Waals surface area contributed by atoms with Crippen LogP contribution in [0.3, 0.4) is 0 Å². The van der Waals surface area contributed by atoms with Crippen molar-refractivity contribution in [2.45, 2.75) is 11.4 Å². The van der Waals surface area contributed by atoms with Gasteiger partial charge < -0.3 is 10.1 Å². The third-order valence-electron chi connectivity index (χ3n) is 2.95. The summed E-state index contributed by atoms with van der Waals surface area (Å²) in [6.45, 7) is 0. The Kier molecular flexibility index (Phi) is 4.01. The Morgan fingerprint density at radius 3 is 2.63 bits per heavy atom. The van der Waals surface area contributed by atoms with Gasteiger partial charge in [0.2, 0.25) is 0 Å². The van der Waals surface area contributed by atoms with Crippen molar-refractivity contribution in [2.24, 2.45) is 0 Å². The summed E-state index contributed by atoms with van der Waals surface area (Å²) in [6.07, 6.45) is 0. The molecule has 19 heavy (non-hydrogen) atoms. The van der Waals surface area contributed by atoms with Gasteiger partial charge in [0, 0.05) is 0 Å². The first-order chi connectivity index (χ1) is 8.93. The molecule has 1 amide bonds. The molecule has 1 fully saturated rings. The van der Waals surface area contributed by atoms with Gasteiger partial charge >= 0.3 is 0 Å². The zero-order chi connectivity index (χ0) is 14.0. The molecule has 0 unspecified atom stereocenters. The molecule has 1 N–H and O–H groups in total. The molecule has 0 aliphatic carbocycles. The number of hydrogen-bond acceptors (Lipinski definition) is 4. The molecule has 7 heteroatoms. The first kappa shape index (κ1) is 14.1. The highest BCUT2D eigenvalue weighted by Crippen LogP contribution is 2.21.